The lowest BCUT2D eigenvalue weighted by molar-refractivity contribution is 0.628. The molecule has 2 heteroatoms. The molecule has 0 fully saturated rings. The molecular formula is C16H18FN. The summed E-state index contributed by atoms with van der Waals surface area (Å²) in [5, 5.41) is 0. The highest BCUT2D eigenvalue weighted by Crippen LogP contribution is 2.25. The van der Waals surface area contributed by atoms with Gasteiger partial charge in [0.05, 0.1) is 0 Å². The Kier molecular flexibility index (Phi) is 3.66. The van der Waals surface area contributed by atoms with Gasteiger partial charge in [-0.25, -0.2) is 4.39 Å². The molecule has 0 spiro atoms. The van der Waals surface area contributed by atoms with Crippen LogP contribution in [0.2, 0.25) is 0 Å². The molecule has 18 heavy (non-hydrogen) atoms. The summed E-state index contributed by atoms with van der Waals surface area (Å²) in [6.07, 6.45) is 0. The van der Waals surface area contributed by atoms with Crippen LogP contribution in [0.1, 0.15) is 25.3 Å². The predicted octanol–water partition coefficient (Wildman–Crippen LogP) is 4.72. The van der Waals surface area contributed by atoms with Gasteiger partial charge in [0.25, 0.3) is 0 Å². The predicted molar refractivity (Wildman–Crippen MR) is 75.0 cm³/mol. The first kappa shape index (κ1) is 12.6. The molecule has 2 rings (SSSR count). The molecule has 0 saturated carbocycles. The number of rotatable bonds is 3. The van der Waals surface area contributed by atoms with Crippen molar-refractivity contribution in [1.29, 1.82) is 0 Å². The van der Waals surface area contributed by atoms with Gasteiger partial charge in [0, 0.05) is 18.4 Å². The summed E-state index contributed by atoms with van der Waals surface area (Å²) in [6.45, 7) is 4.36. The molecule has 0 aliphatic rings. The molecule has 0 aliphatic heterocycles. The van der Waals surface area contributed by atoms with E-state index < -0.39 is 0 Å². The van der Waals surface area contributed by atoms with E-state index in [-0.39, 0.29) is 5.82 Å². The van der Waals surface area contributed by atoms with Crippen molar-refractivity contribution >= 4 is 11.4 Å². The molecule has 0 radical (unpaired) electrons. The summed E-state index contributed by atoms with van der Waals surface area (Å²) >= 11 is 0. The van der Waals surface area contributed by atoms with E-state index in [9.17, 15) is 4.39 Å². The van der Waals surface area contributed by atoms with Crippen LogP contribution >= 0.6 is 0 Å². The summed E-state index contributed by atoms with van der Waals surface area (Å²) < 4.78 is 12.9. The lowest BCUT2D eigenvalue weighted by Crippen LogP contribution is -2.09. The molecule has 0 amide bonds. The van der Waals surface area contributed by atoms with E-state index >= 15 is 0 Å². The first-order chi connectivity index (χ1) is 8.58. The van der Waals surface area contributed by atoms with E-state index in [2.05, 4.69) is 38.1 Å². The minimum Gasteiger partial charge on any atom is -0.345 e. The van der Waals surface area contributed by atoms with Crippen LogP contribution in [0.4, 0.5) is 15.8 Å². The zero-order valence-corrected chi connectivity index (χ0v) is 11.0. The van der Waals surface area contributed by atoms with E-state index in [1.54, 1.807) is 12.1 Å². The SMILES string of the molecule is CC(C)c1ccc(N(C)c2ccc(F)cc2)cc1. The van der Waals surface area contributed by atoms with Crippen LogP contribution in [-0.2, 0) is 0 Å². The van der Waals surface area contributed by atoms with Gasteiger partial charge in [-0.1, -0.05) is 26.0 Å². The summed E-state index contributed by atoms with van der Waals surface area (Å²) in [7, 11) is 1.98. The lowest BCUT2D eigenvalue weighted by Gasteiger charge is -2.20. The maximum atomic E-state index is 12.9. The lowest BCUT2D eigenvalue weighted by atomic mass is 10.0. The molecule has 0 heterocycles. The third kappa shape index (κ3) is 2.70. The highest BCUT2D eigenvalue weighted by Gasteiger charge is 2.05. The Hall–Kier alpha value is -1.83. The van der Waals surface area contributed by atoms with Crippen LogP contribution in [0.15, 0.2) is 48.5 Å². The quantitative estimate of drug-likeness (QED) is 0.754. The number of halogens is 1. The first-order valence-corrected chi connectivity index (χ1v) is 6.17. The molecule has 2 aromatic carbocycles. The molecule has 0 aliphatic carbocycles. The van der Waals surface area contributed by atoms with Crippen molar-refractivity contribution in [3.05, 3.63) is 59.9 Å². The zero-order valence-electron chi connectivity index (χ0n) is 11.0. The van der Waals surface area contributed by atoms with Crippen molar-refractivity contribution in [2.24, 2.45) is 0 Å². The van der Waals surface area contributed by atoms with Gasteiger partial charge in [-0.15, -0.1) is 0 Å². The Morgan fingerprint density at radius 2 is 1.28 bits per heavy atom. The van der Waals surface area contributed by atoms with Crippen molar-refractivity contribution in [1.82, 2.24) is 0 Å². The van der Waals surface area contributed by atoms with Crippen LogP contribution in [0.25, 0.3) is 0 Å². The minimum atomic E-state index is -0.206. The second-order valence-corrected chi connectivity index (χ2v) is 4.78. The molecule has 0 bridgehead atoms. The number of benzene rings is 2. The Morgan fingerprint density at radius 1 is 0.833 bits per heavy atom. The van der Waals surface area contributed by atoms with Crippen molar-refractivity contribution in [2.75, 3.05) is 11.9 Å². The topological polar surface area (TPSA) is 3.24 Å². The van der Waals surface area contributed by atoms with Gasteiger partial charge in [0.1, 0.15) is 5.82 Å². The fraction of sp³-hybridized carbons (Fsp3) is 0.250. The standard InChI is InChI=1S/C16H18FN/c1-12(2)13-4-8-15(9-5-13)18(3)16-10-6-14(17)7-11-16/h4-12H,1-3H3. The zero-order chi connectivity index (χ0) is 13.1. The number of nitrogens with zero attached hydrogens (tertiary/aromatic N) is 1. The van der Waals surface area contributed by atoms with E-state index in [1.165, 1.54) is 17.7 Å². The summed E-state index contributed by atoms with van der Waals surface area (Å²) in [5.74, 6) is 0.331. The molecule has 1 nitrogen and oxygen atoms in total. The van der Waals surface area contributed by atoms with E-state index in [1.807, 2.05) is 11.9 Å². The number of hydrogen-bond donors (Lipinski definition) is 0. The van der Waals surface area contributed by atoms with Gasteiger partial charge >= 0.3 is 0 Å². The number of anilines is 2. The third-order valence-corrected chi connectivity index (χ3v) is 3.16. The smallest absolute Gasteiger partial charge is 0.123 e. The van der Waals surface area contributed by atoms with E-state index in [0.29, 0.717) is 5.92 Å². The molecule has 0 unspecified atom stereocenters. The van der Waals surface area contributed by atoms with Crippen molar-refractivity contribution < 1.29 is 4.39 Å². The Balaban J connectivity index is 2.23. The van der Waals surface area contributed by atoms with Crippen molar-refractivity contribution in [3.63, 3.8) is 0 Å². The summed E-state index contributed by atoms with van der Waals surface area (Å²) in [6, 6.07) is 15.0. The average Bonchev–Trinajstić information content (AvgIpc) is 2.39. The van der Waals surface area contributed by atoms with Gasteiger partial charge in [-0.05, 0) is 47.9 Å². The largest absolute Gasteiger partial charge is 0.345 e. The molecule has 2 aromatic rings. The molecular weight excluding hydrogens is 225 g/mol. The maximum Gasteiger partial charge on any atom is 0.123 e. The van der Waals surface area contributed by atoms with E-state index in [0.717, 1.165) is 11.4 Å². The van der Waals surface area contributed by atoms with Gasteiger partial charge < -0.3 is 4.90 Å². The highest BCUT2D eigenvalue weighted by atomic mass is 19.1. The molecule has 94 valence electrons. The van der Waals surface area contributed by atoms with Crippen molar-refractivity contribution in [3.8, 4) is 0 Å². The Labute approximate surface area is 108 Å². The molecule has 0 saturated heterocycles. The number of hydrogen-bond acceptors (Lipinski definition) is 1. The van der Waals surface area contributed by atoms with Crippen molar-refractivity contribution in [2.45, 2.75) is 19.8 Å². The third-order valence-electron chi connectivity index (χ3n) is 3.16. The monoisotopic (exact) mass is 243 g/mol. The second-order valence-electron chi connectivity index (χ2n) is 4.78. The van der Waals surface area contributed by atoms with Crippen LogP contribution in [0.3, 0.4) is 0 Å². The Morgan fingerprint density at radius 3 is 1.72 bits per heavy atom. The molecule has 0 N–H and O–H groups in total. The average molecular weight is 243 g/mol. The van der Waals surface area contributed by atoms with Crippen LogP contribution < -0.4 is 4.90 Å². The first-order valence-electron chi connectivity index (χ1n) is 6.17. The van der Waals surface area contributed by atoms with Crippen LogP contribution in [0, 0.1) is 5.82 Å². The van der Waals surface area contributed by atoms with Gasteiger partial charge in [-0.3, -0.25) is 0 Å². The van der Waals surface area contributed by atoms with E-state index in [4.69, 9.17) is 0 Å². The van der Waals surface area contributed by atoms with Crippen LogP contribution in [0.5, 0.6) is 0 Å². The normalized spacial score (nSPS) is 10.7. The highest BCUT2D eigenvalue weighted by molar-refractivity contribution is 5.62. The summed E-state index contributed by atoms with van der Waals surface area (Å²) in [4.78, 5) is 2.05. The maximum absolute atomic E-state index is 12.9. The summed E-state index contributed by atoms with van der Waals surface area (Å²) in [5.41, 5.74) is 3.41. The molecule has 0 atom stereocenters. The minimum absolute atomic E-state index is 0.206. The van der Waals surface area contributed by atoms with Gasteiger partial charge in [0.15, 0.2) is 0 Å². The molecule has 0 aromatic heterocycles. The Bertz CT molecular complexity index is 500. The fourth-order valence-electron chi connectivity index (χ4n) is 1.90. The van der Waals surface area contributed by atoms with Crippen LogP contribution in [-0.4, -0.2) is 7.05 Å². The van der Waals surface area contributed by atoms with Gasteiger partial charge in [-0.2, -0.15) is 0 Å². The van der Waals surface area contributed by atoms with Gasteiger partial charge in [0.2, 0.25) is 0 Å². The fourth-order valence-corrected chi connectivity index (χ4v) is 1.90. The second kappa shape index (κ2) is 5.21.